The van der Waals surface area contributed by atoms with E-state index in [-0.39, 0.29) is 6.61 Å². The van der Waals surface area contributed by atoms with Gasteiger partial charge in [0.05, 0.1) is 23.2 Å². The molecule has 23 heavy (non-hydrogen) atoms. The van der Waals surface area contributed by atoms with Crippen molar-refractivity contribution in [3.05, 3.63) is 30.2 Å². The fourth-order valence-corrected chi connectivity index (χ4v) is 2.40. The molecule has 1 unspecified atom stereocenters. The second-order valence-corrected chi connectivity index (χ2v) is 5.29. The SMILES string of the molecule is CCOCc1nc2cn(O)c3cccc(OCC(C)O)c3c-2n1. The Bertz CT molecular complexity index is 785. The van der Waals surface area contributed by atoms with Gasteiger partial charge < -0.3 is 19.8 Å². The van der Waals surface area contributed by atoms with Gasteiger partial charge in [-0.05, 0) is 26.0 Å². The van der Waals surface area contributed by atoms with Crippen molar-refractivity contribution in [3.63, 3.8) is 0 Å². The van der Waals surface area contributed by atoms with Crippen LogP contribution >= 0.6 is 0 Å². The maximum absolute atomic E-state index is 10.2. The Morgan fingerprint density at radius 3 is 2.87 bits per heavy atom. The Kier molecular flexibility index (Phi) is 4.31. The summed E-state index contributed by atoms with van der Waals surface area (Å²) in [4.78, 5) is 8.88. The summed E-state index contributed by atoms with van der Waals surface area (Å²) in [5.41, 5.74) is 1.76. The van der Waals surface area contributed by atoms with Crippen LogP contribution in [-0.2, 0) is 11.3 Å². The third kappa shape index (κ3) is 3.06. The van der Waals surface area contributed by atoms with Gasteiger partial charge in [0.15, 0.2) is 5.82 Å². The summed E-state index contributed by atoms with van der Waals surface area (Å²) in [5.74, 6) is 1.10. The van der Waals surface area contributed by atoms with Gasteiger partial charge in [0.2, 0.25) is 0 Å². The predicted molar refractivity (Wildman–Crippen MR) is 83.8 cm³/mol. The second kappa shape index (κ2) is 6.39. The molecule has 2 aliphatic rings. The van der Waals surface area contributed by atoms with Gasteiger partial charge in [-0.1, -0.05) is 6.07 Å². The Balaban J connectivity index is 2.14. The second-order valence-electron chi connectivity index (χ2n) is 5.29. The number of pyridine rings is 1. The first-order valence-electron chi connectivity index (χ1n) is 7.48. The van der Waals surface area contributed by atoms with Crippen molar-refractivity contribution in [2.24, 2.45) is 0 Å². The summed E-state index contributed by atoms with van der Waals surface area (Å²) in [6, 6.07) is 5.32. The smallest absolute Gasteiger partial charge is 0.155 e. The standard InChI is InChI=1S/C16H19N3O4/c1-3-22-9-14-17-11-7-19(21)12-5-4-6-13(23-8-10(2)20)15(12)16(11)18-14/h4-7,10,20-21H,3,8-9H2,1-2H3. The zero-order chi connectivity index (χ0) is 16.4. The summed E-state index contributed by atoms with van der Waals surface area (Å²) >= 11 is 0. The quantitative estimate of drug-likeness (QED) is 0.677. The summed E-state index contributed by atoms with van der Waals surface area (Å²) < 4.78 is 12.0. The zero-order valence-electron chi connectivity index (χ0n) is 13.1. The predicted octanol–water partition coefficient (Wildman–Crippen LogP) is 2.07. The largest absolute Gasteiger partial charge is 0.490 e. The van der Waals surface area contributed by atoms with E-state index in [1.54, 1.807) is 25.1 Å². The number of aromatic nitrogens is 3. The molecule has 1 atom stereocenters. The van der Waals surface area contributed by atoms with Crippen LogP contribution in [0.2, 0.25) is 0 Å². The number of aliphatic hydroxyl groups excluding tert-OH is 1. The van der Waals surface area contributed by atoms with Crippen molar-refractivity contribution in [1.29, 1.82) is 0 Å². The van der Waals surface area contributed by atoms with Crippen molar-refractivity contribution < 1.29 is 19.8 Å². The first kappa shape index (κ1) is 15.5. The molecule has 0 radical (unpaired) electrons. The highest BCUT2D eigenvalue weighted by Gasteiger charge is 2.20. The molecule has 1 aromatic carbocycles. The monoisotopic (exact) mass is 317 g/mol. The number of nitrogens with zero attached hydrogens (tertiary/aromatic N) is 3. The molecule has 1 aromatic rings. The Hall–Kier alpha value is -2.38. The first-order valence-corrected chi connectivity index (χ1v) is 7.48. The number of rotatable bonds is 6. The molecular weight excluding hydrogens is 298 g/mol. The molecular formula is C16H19N3O4. The summed E-state index contributed by atoms with van der Waals surface area (Å²) in [7, 11) is 0. The number of aliphatic hydroxyl groups is 1. The van der Waals surface area contributed by atoms with E-state index in [1.165, 1.54) is 6.20 Å². The van der Waals surface area contributed by atoms with Gasteiger partial charge in [0.1, 0.15) is 30.4 Å². The molecule has 0 spiro atoms. The number of hydrogen-bond donors (Lipinski definition) is 2. The van der Waals surface area contributed by atoms with Crippen molar-refractivity contribution in [2.45, 2.75) is 26.6 Å². The molecule has 0 amide bonds. The van der Waals surface area contributed by atoms with Crippen molar-refractivity contribution >= 4 is 10.9 Å². The molecule has 0 saturated heterocycles. The molecule has 2 N–H and O–H groups in total. The lowest BCUT2D eigenvalue weighted by atomic mass is 10.1. The normalized spacial score (nSPS) is 12.8. The molecule has 0 fully saturated rings. The van der Waals surface area contributed by atoms with Gasteiger partial charge in [-0.15, -0.1) is 0 Å². The van der Waals surface area contributed by atoms with E-state index in [9.17, 15) is 10.3 Å². The lowest BCUT2D eigenvalue weighted by Crippen LogP contribution is -2.13. The topological polar surface area (TPSA) is 89.6 Å². The molecule has 0 bridgehead atoms. The van der Waals surface area contributed by atoms with Gasteiger partial charge >= 0.3 is 0 Å². The van der Waals surface area contributed by atoms with Crippen LogP contribution in [0.5, 0.6) is 5.75 Å². The maximum atomic E-state index is 10.2. The number of fused-ring (bicyclic) bond motifs is 3. The Morgan fingerprint density at radius 1 is 1.30 bits per heavy atom. The van der Waals surface area contributed by atoms with E-state index >= 15 is 0 Å². The van der Waals surface area contributed by atoms with Gasteiger partial charge in [0.25, 0.3) is 0 Å². The Labute approximate surface area is 133 Å². The molecule has 0 aromatic heterocycles. The zero-order valence-corrected chi connectivity index (χ0v) is 13.1. The minimum atomic E-state index is -0.593. The molecule has 2 aliphatic heterocycles. The Morgan fingerprint density at radius 2 is 2.13 bits per heavy atom. The minimum Gasteiger partial charge on any atom is -0.490 e. The molecule has 0 saturated carbocycles. The van der Waals surface area contributed by atoms with Crippen LogP contribution in [0.25, 0.3) is 22.3 Å². The summed E-state index contributed by atoms with van der Waals surface area (Å²) in [6.07, 6.45) is 0.920. The molecule has 2 heterocycles. The fourth-order valence-electron chi connectivity index (χ4n) is 2.40. The van der Waals surface area contributed by atoms with E-state index in [2.05, 4.69) is 9.97 Å². The third-order valence-corrected chi connectivity index (χ3v) is 3.38. The van der Waals surface area contributed by atoms with Crippen molar-refractivity contribution in [1.82, 2.24) is 14.7 Å². The van der Waals surface area contributed by atoms with Gasteiger partial charge in [0, 0.05) is 6.61 Å². The van der Waals surface area contributed by atoms with E-state index in [0.717, 1.165) is 4.73 Å². The van der Waals surface area contributed by atoms with E-state index in [4.69, 9.17) is 9.47 Å². The van der Waals surface area contributed by atoms with Crippen LogP contribution in [-0.4, -0.2) is 44.3 Å². The molecule has 0 aliphatic carbocycles. The third-order valence-electron chi connectivity index (χ3n) is 3.38. The average molecular weight is 317 g/mol. The van der Waals surface area contributed by atoms with Crippen LogP contribution in [0, 0.1) is 0 Å². The van der Waals surface area contributed by atoms with Gasteiger partial charge in [-0.2, -0.15) is 4.73 Å². The minimum absolute atomic E-state index is 0.154. The lowest BCUT2D eigenvalue weighted by Gasteiger charge is -2.14. The van der Waals surface area contributed by atoms with Crippen molar-refractivity contribution in [3.8, 4) is 17.1 Å². The number of benzene rings is 1. The molecule has 3 rings (SSSR count). The number of ether oxygens (including phenoxy) is 2. The van der Waals surface area contributed by atoms with E-state index in [0.29, 0.717) is 47.1 Å². The fraction of sp³-hybridized carbons (Fsp3) is 0.375. The van der Waals surface area contributed by atoms with Gasteiger partial charge in [-0.3, -0.25) is 0 Å². The van der Waals surface area contributed by atoms with Crippen LogP contribution in [0.1, 0.15) is 19.7 Å². The van der Waals surface area contributed by atoms with Crippen LogP contribution in [0.15, 0.2) is 24.4 Å². The van der Waals surface area contributed by atoms with Crippen LogP contribution in [0.3, 0.4) is 0 Å². The van der Waals surface area contributed by atoms with Crippen molar-refractivity contribution in [2.75, 3.05) is 13.2 Å². The highest BCUT2D eigenvalue weighted by molar-refractivity contribution is 5.97. The maximum Gasteiger partial charge on any atom is 0.155 e. The summed E-state index contributed by atoms with van der Waals surface area (Å²) in [6.45, 7) is 4.60. The van der Waals surface area contributed by atoms with Gasteiger partial charge in [-0.25, -0.2) is 9.97 Å². The molecule has 7 nitrogen and oxygen atoms in total. The molecule has 122 valence electrons. The first-order chi connectivity index (χ1) is 11.1. The summed E-state index contributed by atoms with van der Waals surface area (Å²) in [5, 5.41) is 20.3. The van der Waals surface area contributed by atoms with Crippen LogP contribution < -0.4 is 4.74 Å². The number of hydrogen-bond acceptors (Lipinski definition) is 6. The lowest BCUT2D eigenvalue weighted by molar-refractivity contribution is 0.123. The number of imidazole rings is 1. The van der Waals surface area contributed by atoms with Crippen LogP contribution in [0.4, 0.5) is 0 Å². The average Bonchev–Trinajstić information content (AvgIpc) is 2.93. The highest BCUT2D eigenvalue weighted by Crippen LogP contribution is 2.35. The van der Waals surface area contributed by atoms with E-state index < -0.39 is 6.10 Å². The van der Waals surface area contributed by atoms with E-state index in [1.807, 2.05) is 6.92 Å². The molecule has 7 heteroatoms. The highest BCUT2D eigenvalue weighted by atomic mass is 16.5.